The van der Waals surface area contributed by atoms with Gasteiger partial charge in [0, 0.05) is 31.6 Å². The predicted molar refractivity (Wildman–Crippen MR) is 155 cm³/mol. The number of hydroxylamine groups is 2. The van der Waals surface area contributed by atoms with Gasteiger partial charge >= 0.3 is 10.4 Å². The number of oxime groups is 1. The molecule has 19 heteroatoms. The maximum absolute atomic E-state index is 13.1. The third-order valence-electron chi connectivity index (χ3n) is 6.64. The van der Waals surface area contributed by atoms with Gasteiger partial charge in [-0.25, -0.2) is 4.98 Å². The third-order valence-corrected chi connectivity index (χ3v) is 7.65. The van der Waals surface area contributed by atoms with E-state index < -0.39 is 33.8 Å². The molecule has 17 nitrogen and oxygen atoms in total. The predicted octanol–water partition coefficient (Wildman–Crippen LogP) is -0.794. The second-order valence-corrected chi connectivity index (χ2v) is 11.9. The zero-order valence-corrected chi connectivity index (χ0v) is 25.0. The number of thiazole rings is 1. The van der Waals surface area contributed by atoms with Gasteiger partial charge in [-0.15, -0.1) is 15.6 Å². The number of carbonyl (C=O) groups excluding carboxylic acids is 2. The van der Waals surface area contributed by atoms with E-state index in [1.165, 1.54) is 19.2 Å². The number of ether oxygens (including phenoxy) is 1. The molecule has 2 aliphatic heterocycles. The van der Waals surface area contributed by atoms with E-state index in [4.69, 9.17) is 31.0 Å². The fourth-order valence-corrected chi connectivity index (χ4v) is 5.44. The Morgan fingerprint density at radius 2 is 2.09 bits per heavy atom. The maximum atomic E-state index is 13.1. The number of amides is 2. The van der Waals surface area contributed by atoms with Gasteiger partial charge in [0.05, 0.1) is 5.54 Å². The molecule has 43 heavy (non-hydrogen) atoms. The summed E-state index contributed by atoms with van der Waals surface area (Å²) < 4.78 is 41.1. The molecule has 2 amide bonds. The number of nitrogens with zero attached hydrogens (tertiary/aromatic N) is 4. The SMILES string of the molecule is CC1(C)C(NC(=O)/C(=N\OCCOc2ccc3c(c2)CCN(C(=N)NCCN)C3)c2csc(N)n2)C(=O)N1OS(=O)(=O)O. The summed E-state index contributed by atoms with van der Waals surface area (Å²) in [5.74, 6) is -0.761. The fraction of sp³-hybridized carbons (Fsp3) is 0.458. The van der Waals surface area contributed by atoms with Crippen LogP contribution in [0.1, 0.15) is 30.7 Å². The quantitative estimate of drug-likeness (QED) is 0.0416. The minimum Gasteiger partial charge on any atom is -0.490 e. The van der Waals surface area contributed by atoms with Crippen LogP contribution in [0.25, 0.3) is 0 Å². The largest absolute Gasteiger partial charge is 0.490 e. The van der Waals surface area contributed by atoms with Gasteiger partial charge in [-0.2, -0.15) is 13.5 Å². The van der Waals surface area contributed by atoms with Crippen LogP contribution in [0.4, 0.5) is 5.13 Å². The van der Waals surface area contributed by atoms with Crippen LogP contribution >= 0.6 is 11.3 Å². The molecule has 0 aliphatic carbocycles. The van der Waals surface area contributed by atoms with Gasteiger partial charge in [0.25, 0.3) is 11.8 Å². The highest BCUT2D eigenvalue weighted by Gasteiger charge is 2.58. The molecule has 4 rings (SSSR count). The molecule has 1 atom stereocenters. The van der Waals surface area contributed by atoms with Crippen LogP contribution in [0.2, 0.25) is 0 Å². The van der Waals surface area contributed by atoms with Crippen molar-refractivity contribution in [1.29, 1.82) is 5.41 Å². The Morgan fingerprint density at radius 3 is 2.74 bits per heavy atom. The first-order valence-corrected chi connectivity index (χ1v) is 15.3. The van der Waals surface area contributed by atoms with Crippen LogP contribution in [-0.2, 0) is 42.1 Å². The number of β-lactam (4-membered cyclic amide) rings is 1. The second-order valence-electron chi connectivity index (χ2n) is 10.1. The molecule has 0 radical (unpaired) electrons. The van der Waals surface area contributed by atoms with Crippen molar-refractivity contribution in [2.45, 2.75) is 38.4 Å². The van der Waals surface area contributed by atoms with Crippen molar-refractivity contribution in [3.63, 3.8) is 0 Å². The Balaban J connectivity index is 1.33. The lowest BCUT2D eigenvalue weighted by Crippen LogP contribution is -2.76. The average Bonchev–Trinajstić information content (AvgIpc) is 3.39. The molecular formula is C24H33N9O8S2. The summed E-state index contributed by atoms with van der Waals surface area (Å²) in [6.45, 7) is 5.21. The zero-order chi connectivity index (χ0) is 31.4. The molecule has 1 saturated heterocycles. The lowest BCUT2D eigenvalue weighted by Gasteiger charge is -2.50. The Hall–Kier alpha value is -4.04. The molecule has 1 aromatic carbocycles. The van der Waals surface area contributed by atoms with Crippen LogP contribution in [0.3, 0.4) is 0 Å². The van der Waals surface area contributed by atoms with E-state index in [1.807, 2.05) is 23.1 Å². The van der Waals surface area contributed by atoms with Crippen LogP contribution in [0, 0.1) is 5.41 Å². The van der Waals surface area contributed by atoms with Crippen molar-refractivity contribution in [2.24, 2.45) is 10.9 Å². The van der Waals surface area contributed by atoms with Crippen molar-refractivity contribution >= 4 is 50.4 Å². The standard InChI is InChI=1S/C24H33N9O8S2/c1-24(2)19(21(35)33(24)41-43(36,37)38)30-20(34)18(17-13-42-23(27)29-17)31-40-10-9-39-16-4-3-15-12-32(8-5-14(15)11-16)22(26)28-7-6-25/h3-4,11,13,19H,5-10,12,25H2,1-2H3,(H2,26,28)(H2,27,29)(H,30,34)(H,36,37,38)/b31-18-. The number of carbonyl (C=O) groups is 2. The van der Waals surface area contributed by atoms with Gasteiger partial charge in [-0.1, -0.05) is 11.2 Å². The van der Waals surface area contributed by atoms with Crippen molar-refractivity contribution in [1.82, 2.24) is 25.6 Å². The molecular weight excluding hydrogens is 606 g/mol. The smallest absolute Gasteiger partial charge is 0.418 e. The van der Waals surface area contributed by atoms with Gasteiger partial charge in [0.1, 0.15) is 24.1 Å². The highest BCUT2D eigenvalue weighted by Crippen LogP contribution is 2.33. The molecule has 0 spiro atoms. The summed E-state index contributed by atoms with van der Waals surface area (Å²) in [6.07, 6.45) is 0.745. The molecule has 3 heterocycles. The fourth-order valence-electron chi connectivity index (χ4n) is 4.44. The zero-order valence-electron chi connectivity index (χ0n) is 23.4. The van der Waals surface area contributed by atoms with Gasteiger partial charge in [0.15, 0.2) is 23.4 Å². The van der Waals surface area contributed by atoms with Crippen LogP contribution in [0.15, 0.2) is 28.7 Å². The number of guanidine groups is 1. The molecule has 1 unspecified atom stereocenters. The van der Waals surface area contributed by atoms with E-state index >= 15 is 0 Å². The van der Waals surface area contributed by atoms with Crippen molar-refractivity contribution in [3.05, 3.63) is 40.4 Å². The van der Waals surface area contributed by atoms with Crippen LogP contribution < -0.4 is 26.8 Å². The maximum Gasteiger partial charge on any atom is 0.418 e. The molecule has 2 aliphatic rings. The summed E-state index contributed by atoms with van der Waals surface area (Å²) in [7, 11) is -4.95. The third kappa shape index (κ3) is 7.68. The molecule has 2 aromatic rings. The topological polar surface area (TPSA) is 248 Å². The minimum atomic E-state index is -4.95. The highest BCUT2D eigenvalue weighted by molar-refractivity contribution is 7.80. The van der Waals surface area contributed by atoms with Crippen molar-refractivity contribution in [2.75, 3.05) is 38.6 Å². The molecule has 0 bridgehead atoms. The number of aromatic nitrogens is 1. The number of benzene rings is 1. The summed E-state index contributed by atoms with van der Waals surface area (Å²) in [5.41, 5.74) is 11.9. The second kappa shape index (κ2) is 13.1. The Kier molecular flexibility index (Phi) is 9.70. The molecule has 0 saturated carbocycles. The Morgan fingerprint density at radius 1 is 1.33 bits per heavy atom. The Bertz CT molecular complexity index is 1510. The highest BCUT2D eigenvalue weighted by atomic mass is 32.3. The van der Waals surface area contributed by atoms with E-state index in [0.717, 1.165) is 28.9 Å². The number of rotatable bonds is 12. The number of anilines is 1. The van der Waals surface area contributed by atoms with Gasteiger partial charge < -0.3 is 36.6 Å². The van der Waals surface area contributed by atoms with Gasteiger partial charge in [0.2, 0.25) is 0 Å². The lowest BCUT2D eigenvalue weighted by atomic mass is 9.84. The van der Waals surface area contributed by atoms with E-state index in [-0.39, 0.29) is 29.8 Å². The lowest BCUT2D eigenvalue weighted by molar-refractivity contribution is -0.218. The first kappa shape index (κ1) is 31.9. The number of nitrogens with two attached hydrogens (primary N) is 2. The van der Waals surface area contributed by atoms with Gasteiger partial charge in [-0.05, 0) is 43.5 Å². The first-order chi connectivity index (χ1) is 20.3. The summed E-state index contributed by atoms with van der Waals surface area (Å²) in [4.78, 5) is 36.9. The van der Waals surface area contributed by atoms with Gasteiger partial charge in [-0.3, -0.25) is 19.6 Å². The summed E-state index contributed by atoms with van der Waals surface area (Å²) in [6, 6.07) is 4.52. The van der Waals surface area contributed by atoms with E-state index in [9.17, 15) is 18.0 Å². The van der Waals surface area contributed by atoms with E-state index in [0.29, 0.717) is 43.0 Å². The number of fused-ring (bicyclic) bond motifs is 1. The molecule has 1 fully saturated rings. The summed E-state index contributed by atoms with van der Waals surface area (Å²) in [5, 5.41) is 19.6. The number of hydrogen-bond donors (Lipinski definition) is 6. The number of nitrogens with one attached hydrogen (secondary N) is 3. The summed E-state index contributed by atoms with van der Waals surface area (Å²) >= 11 is 1.07. The normalized spacial score (nSPS) is 18.0. The molecule has 234 valence electrons. The van der Waals surface area contributed by atoms with E-state index in [1.54, 1.807) is 0 Å². The first-order valence-electron chi connectivity index (χ1n) is 13.1. The minimum absolute atomic E-state index is 0.0327. The van der Waals surface area contributed by atoms with Crippen molar-refractivity contribution < 1.29 is 36.4 Å². The molecule has 8 N–H and O–H groups in total. The van der Waals surface area contributed by atoms with Crippen LogP contribution in [-0.4, -0.2) is 95.8 Å². The number of nitrogen functional groups attached to an aromatic ring is 1. The Labute approximate surface area is 251 Å². The average molecular weight is 640 g/mol. The van der Waals surface area contributed by atoms with Crippen LogP contribution in [0.5, 0.6) is 5.75 Å². The number of hydrogen-bond acceptors (Lipinski definition) is 13. The molecule has 1 aromatic heterocycles. The monoisotopic (exact) mass is 639 g/mol. The van der Waals surface area contributed by atoms with E-state index in [2.05, 4.69) is 25.1 Å². The van der Waals surface area contributed by atoms with Crippen molar-refractivity contribution in [3.8, 4) is 5.75 Å².